The molecule has 1 amide bonds. The molecule has 1 atom stereocenters. The molecule has 1 unspecified atom stereocenters. The minimum atomic E-state index is -0.905. The van der Waals surface area contributed by atoms with Crippen LogP contribution < -0.4 is 14.5 Å². The standard InChI is InChI=1S/C30H25N3O5S/c1-16-8-13-20-23(14-16)39-30(31-20)33-25(17-9-11-19(12-10-17)32(2)3)24(27(35)29(33)36)26(34)22-15-18-6-5-7-21(37-4)28(18)38-22/h5-15,25,35H,1-4H3. The number of amides is 1. The summed E-state index contributed by atoms with van der Waals surface area (Å²) in [6, 6.07) is 19.4. The average molecular weight is 540 g/mol. The molecule has 1 N–H and O–H groups in total. The molecule has 0 saturated heterocycles. The van der Waals surface area contributed by atoms with Gasteiger partial charge in [0.1, 0.15) is 0 Å². The van der Waals surface area contributed by atoms with E-state index in [1.54, 1.807) is 24.3 Å². The number of hydrogen-bond acceptors (Lipinski definition) is 8. The maximum atomic E-state index is 14.0. The summed E-state index contributed by atoms with van der Waals surface area (Å²) >= 11 is 1.34. The van der Waals surface area contributed by atoms with Gasteiger partial charge in [-0.1, -0.05) is 41.7 Å². The summed E-state index contributed by atoms with van der Waals surface area (Å²) in [6.45, 7) is 1.99. The number of carbonyl (C=O) groups is 2. The molecule has 0 fully saturated rings. The number of para-hydroxylation sites is 1. The van der Waals surface area contributed by atoms with Gasteiger partial charge in [0, 0.05) is 25.2 Å². The van der Waals surface area contributed by atoms with Crippen molar-refractivity contribution in [3.8, 4) is 5.75 Å². The number of ketones is 1. The number of thiazole rings is 1. The van der Waals surface area contributed by atoms with Gasteiger partial charge in [0.15, 0.2) is 28.0 Å². The SMILES string of the molecule is COc1cccc2cc(C(=O)C3=C(O)C(=O)N(c4nc5ccc(C)cc5s4)C3c3ccc(N(C)C)cc3)oc12. The predicted molar refractivity (Wildman–Crippen MR) is 152 cm³/mol. The maximum absolute atomic E-state index is 14.0. The lowest BCUT2D eigenvalue weighted by molar-refractivity contribution is -0.117. The molecule has 1 aliphatic heterocycles. The number of aliphatic hydroxyl groups is 1. The number of methoxy groups -OCH3 is 1. The third-order valence-corrected chi connectivity index (χ3v) is 7.89. The lowest BCUT2D eigenvalue weighted by Gasteiger charge is -2.25. The highest BCUT2D eigenvalue weighted by atomic mass is 32.1. The van der Waals surface area contributed by atoms with E-state index in [4.69, 9.17) is 14.1 Å². The molecule has 3 aromatic carbocycles. The largest absolute Gasteiger partial charge is 0.503 e. The average Bonchev–Trinajstić information content (AvgIpc) is 3.62. The van der Waals surface area contributed by atoms with Crippen molar-refractivity contribution in [3.05, 3.63) is 94.9 Å². The molecule has 196 valence electrons. The minimum absolute atomic E-state index is 0.000497. The van der Waals surface area contributed by atoms with Crippen molar-refractivity contribution >= 4 is 55.0 Å². The van der Waals surface area contributed by atoms with Gasteiger partial charge < -0.3 is 19.2 Å². The zero-order valence-electron chi connectivity index (χ0n) is 21.8. The molecule has 1 aliphatic rings. The summed E-state index contributed by atoms with van der Waals surface area (Å²) in [4.78, 5) is 35.6. The monoisotopic (exact) mass is 539 g/mol. The van der Waals surface area contributed by atoms with Gasteiger partial charge in [-0.05, 0) is 54.4 Å². The van der Waals surface area contributed by atoms with Gasteiger partial charge in [-0.2, -0.15) is 0 Å². The van der Waals surface area contributed by atoms with Gasteiger partial charge in [0.25, 0.3) is 5.91 Å². The Kier molecular flexibility index (Phi) is 5.88. The van der Waals surface area contributed by atoms with Crippen LogP contribution in [0.2, 0.25) is 0 Å². The lowest BCUT2D eigenvalue weighted by Crippen LogP contribution is -2.31. The van der Waals surface area contributed by atoms with Crippen LogP contribution in [-0.4, -0.2) is 43.0 Å². The second-order valence-electron chi connectivity index (χ2n) is 9.61. The summed E-state index contributed by atoms with van der Waals surface area (Å²) in [7, 11) is 5.38. The molecule has 8 nitrogen and oxygen atoms in total. The Morgan fingerprint density at radius 1 is 1.10 bits per heavy atom. The van der Waals surface area contributed by atoms with E-state index in [-0.39, 0.29) is 11.3 Å². The Morgan fingerprint density at radius 3 is 2.59 bits per heavy atom. The van der Waals surface area contributed by atoms with Gasteiger partial charge in [0.05, 0.1) is 28.9 Å². The molecule has 5 aromatic rings. The van der Waals surface area contributed by atoms with E-state index in [9.17, 15) is 14.7 Å². The Labute approximate surface area is 228 Å². The van der Waals surface area contributed by atoms with Crippen LogP contribution in [0.15, 0.2) is 82.5 Å². The number of rotatable bonds is 6. The highest BCUT2D eigenvalue weighted by molar-refractivity contribution is 7.22. The Balaban J connectivity index is 1.50. The van der Waals surface area contributed by atoms with Crippen LogP contribution in [0.4, 0.5) is 10.8 Å². The number of hydrogen-bond donors (Lipinski definition) is 1. The van der Waals surface area contributed by atoms with Crippen LogP contribution >= 0.6 is 11.3 Å². The Morgan fingerprint density at radius 2 is 1.87 bits per heavy atom. The third-order valence-electron chi connectivity index (χ3n) is 6.87. The van der Waals surface area contributed by atoms with E-state index in [1.165, 1.54) is 23.3 Å². The van der Waals surface area contributed by atoms with Crippen molar-refractivity contribution in [1.82, 2.24) is 4.98 Å². The number of nitrogens with zero attached hydrogens (tertiary/aromatic N) is 3. The Bertz CT molecular complexity index is 1800. The van der Waals surface area contributed by atoms with Gasteiger partial charge >= 0.3 is 0 Å². The molecule has 0 bridgehead atoms. The predicted octanol–water partition coefficient (Wildman–Crippen LogP) is 6.21. The highest BCUT2D eigenvalue weighted by Gasteiger charge is 2.46. The summed E-state index contributed by atoms with van der Waals surface area (Å²) in [5.74, 6) is -1.41. The third kappa shape index (κ3) is 4.02. The topological polar surface area (TPSA) is 96.1 Å². The molecule has 6 rings (SSSR count). The maximum Gasteiger partial charge on any atom is 0.296 e. The first-order valence-electron chi connectivity index (χ1n) is 12.3. The molecule has 39 heavy (non-hydrogen) atoms. The number of aliphatic hydroxyl groups excluding tert-OH is 1. The quantitative estimate of drug-likeness (QED) is 0.256. The number of Topliss-reactive ketones (excluding diaryl/α,β-unsaturated/α-hetero) is 1. The molecule has 2 aromatic heterocycles. The number of aromatic nitrogens is 1. The number of anilines is 2. The van der Waals surface area contributed by atoms with Gasteiger partial charge in [-0.25, -0.2) is 4.98 Å². The van der Waals surface area contributed by atoms with E-state index in [2.05, 4.69) is 0 Å². The fourth-order valence-electron chi connectivity index (χ4n) is 4.87. The summed E-state index contributed by atoms with van der Waals surface area (Å²) in [6.07, 6.45) is 0. The van der Waals surface area contributed by atoms with E-state index in [0.29, 0.717) is 27.4 Å². The zero-order chi connectivity index (χ0) is 27.4. The minimum Gasteiger partial charge on any atom is -0.503 e. The first kappa shape index (κ1) is 24.7. The first-order valence-corrected chi connectivity index (χ1v) is 13.1. The molecule has 0 aliphatic carbocycles. The van der Waals surface area contributed by atoms with Crippen LogP contribution in [0.3, 0.4) is 0 Å². The van der Waals surface area contributed by atoms with Crippen molar-refractivity contribution < 1.29 is 23.8 Å². The number of ether oxygens (including phenoxy) is 1. The summed E-state index contributed by atoms with van der Waals surface area (Å²) < 4.78 is 12.2. The molecular weight excluding hydrogens is 514 g/mol. The highest BCUT2D eigenvalue weighted by Crippen LogP contribution is 2.45. The van der Waals surface area contributed by atoms with Gasteiger partial charge in [-0.3, -0.25) is 14.5 Å². The van der Waals surface area contributed by atoms with Gasteiger partial charge in [-0.15, -0.1) is 0 Å². The van der Waals surface area contributed by atoms with Crippen LogP contribution in [0.25, 0.3) is 21.2 Å². The molecule has 0 saturated carbocycles. The van der Waals surface area contributed by atoms with Crippen LogP contribution in [-0.2, 0) is 4.79 Å². The van der Waals surface area contributed by atoms with Gasteiger partial charge in [0.2, 0.25) is 5.78 Å². The van der Waals surface area contributed by atoms with Crippen molar-refractivity contribution in [2.24, 2.45) is 0 Å². The fraction of sp³-hybridized carbons (Fsp3) is 0.167. The molecule has 0 radical (unpaired) electrons. The first-order chi connectivity index (χ1) is 18.8. The molecule has 3 heterocycles. The van der Waals surface area contributed by atoms with Crippen LogP contribution in [0.1, 0.15) is 27.7 Å². The van der Waals surface area contributed by atoms with Crippen molar-refractivity contribution in [3.63, 3.8) is 0 Å². The van der Waals surface area contributed by atoms with Crippen molar-refractivity contribution in [1.29, 1.82) is 0 Å². The second-order valence-corrected chi connectivity index (χ2v) is 10.6. The fourth-order valence-corrected chi connectivity index (χ4v) is 5.96. The number of furan rings is 1. The van der Waals surface area contributed by atoms with Crippen molar-refractivity contribution in [2.45, 2.75) is 13.0 Å². The molecule has 9 heteroatoms. The Hall–Kier alpha value is -4.63. The van der Waals surface area contributed by atoms with E-state index in [0.717, 1.165) is 21.5 Å². The van der Waals surface area contributed by atoms with E-state index >= 15 is 0 Å². The zero-order valence-corrected chi connectivity index (χ0v) is 22.6. The number of benzene rings is 3. The van der Waals surface area contributed by atoms with Crippen molar-refractivity contribution in [2.75, 3.05) is 31.0 Å². The smallest absolute Gasteiger partial charge is 0.296 e. The van der Waals surface area contributed by atoms with E-state index in [1.807, 2.05) is 68.4 Å². The van der Waals surface area contributed by atoms with Crippen LogP contribution in [0.5, 0.6) is 5.75 Å². The summed E-state index contributed by atoms with van der Waals surface area (Å²) in [5.41, 5.74) is 3.77. The number of fused-ring (bicyclic) bond motifs is 2. The second kappa shape index (κ2) is 9.28. The number of aryl methyl sites for hydroxylation is 1. The molecular formula is C30H25N3O5S. The normalized spacial score (nSPS) is 15.5. The summed E-state index contributed by atoms with van der Waals surface area (Å²) in [5, 5.41) is 12.2. The lowest BCUT2D eigenvalue weighted by atomic mass is 9.95. The molecule has 0 spiro atoms. The van der Waals surface area contributed by atoms with E-state index < -0.39 is 23.5 Å². The number of carbonyl (C=O) groups excluding carboxylic acids is 2. The van der Waals surface area contributed by atoms with Crippen LogP contribution in [0, 0.1) is 6.92 Å².